The van der Waals surface area contributed by atoms with Crippen molar-refractivity contribution in [3.63, 3.8) is 0 Å². The lowest BCUT2D eigenvalue weighted by atomic mass is 10.1. The molecule has 4 nitrogen and oxygen atoms in total. The van der Waals surface area contributed by atoms with E-state index in [1.807, 2.05) is 11.7 Å². The average Bonchev–Trinajstić information content (AvgIpc) is 2.70. The van der Waals surface area contributed by atoms with Gasteiger partial charge in [-0.15, -0.1) is 0 Å². The lowest BCUT2D eigenvalue weighted by Crippen LogP contribution is -2.39. The number of aromatic nitrogens is 2. The quantitative estimate of drug-likeness (QED) is 0.871. The van der Waals surface area contributed by atoms with Gasteiger partial charge in [0.1, 0.15) is 0 Å². The largest absolute Gasteiger partial charge is 0.328 e. The van der Waals surface area contributed by atoms with Gasteiger partial charge in [-0.05, 0) is 18.9 Å². The number of likely N-dealkylation sites (tertiary alicyclic amines) is 1. The first kappa shape index (κ1) is 11.7. The van der Waals surface area contributed by atoms with Gasteiger partial charge in [0.2, 0.25) is 0 Å². The molecule has 4 heteroatoms. The lowest BCUT2D eigenvalue weighted by Gasteiger charge is -2.29. The number of hydrogen-bond donors (Lipinski definition) is 1. The predicted molar refractivity (Wildman–Crippen MR) is 73.2 cm³/mol. The second-order valence-electron chi connectivity index (χ2n) is 5.20. The predicted octanol–water partition coefficient (Wildman–Crippen LogP) is 1.50. The van der Waals surface area contributed by atoms with Crippen molar-refractivity contribution < 1.29 is 0 Å². The Kier molecular flexibility index (Phi) is 3.06. The third-order valence-corrected chi connectivity index (χ3v) is 3.84. The maximum absolute atomic E-state index is 5.94. The SMILES string of the molecule is Cn1nc(CN2CCC(N)CC2)c2ccccc21. The molecule has 2 N–H and O–H groups in total. The van der Waals surface area contributed by atoms with Gasteiger partial charge < -0.3 is 5.73 Å². The normalized spacial score (nSPS) is 18.6. The standard InChI is InChI=1S/C14H20N4/c1-17-14-5-3-2-4-12(14)13(16-17)10-18-8-6-11(15)7-9-18/h2-5,11H,6-10,15H2,1H3. The van der Waals surface area contributed by atoms with Gasteiger partial charge in [0.05, 0.1) is 11.2 Å². The van der Waals surface area contributed by atoms with Gasteiger partial charge in [-0.3, -0.25) is 9.58 Å². The minimum Gasteiger partial charge on any atom is -0.328 e. The molecule has 1 saturated heterocycles. The Morgan fingerprint density at radius 1 is 1.28 bits per heavy atom. The third-order valence-electron chi connectivity index (χ3n) is 3.84. The molecule has 1 fully saturated rings. The first-order valence-electron chi connectivity index (χ1n) is 6.62. The van der Waals surface area contributed by atoms with Gasteiger partial charge >= 0.3 is 0 Å². The summed E-state index contributed by atoms with van der Waals surface area (Å²) < 4.78 is 1.97. The molecule has 0 saturated carbocycles. The molecule has 96 valence electrons. The van der Waals surface area contributed by atoms with E-state index < -0.39 is 0 Å². The smallest absolute Gasteiger partial charge is 0.0843 e. The Hall–Kier alpha value is -1.39. The van der Waals surface area contributed by atoms with Crippen LogP contribution in [0, 0.1) is 0 Å². The highest BCUT2D eigenvalue weighted by Crippen LogP contribution is 2.20. The number of nitrogens with two attached hydrogens (primary N) is 1. The molecule has 0 spiro atoms. The summed E-state index contributed by atoms with van der Waals surface area (Å²) in [4.78, 5) is 2.46. The van der Waals surface area contributed by atoms with Crippen molar-refractivity contribution >= 4 is 10.9 Å². The van der Waals surface area contributed by atoms with Gasteiger partial charge in [-0.1, -0.05) is 18.2 Å². The van der Waals surface area contributed by atoms with Crippen molar-refractivity contribution in [1.29, 1.82) is 0 Å². The van der Waals surface area contributed by atoms with Crippen LogP contribution in [0.25, 0.3) is 10.9 Å². The van der Waals surface area contributed by atoms with Gasteiger partial charge in [-0.25, -0.2) is 0 Å². The van der Waals surface area contributed by atoms with E-state index >= 15 is 0 Å². The van der Waals surface area contributed by atoms with Crippen LogP contribution >= 0.6 is 0 Å². The van der Waals surface area contributed by atoms with Crippen molar-refractivity contribution in [1.82, 2.24) is 14.7 Å². The summed E-state index contributed by atoms with van der Waals surface area (Å²) in [5.41, 5.74) is 8.33. The molecule has 1 aromatic carbocycles. The Bertz CT molecular complexity index is 538. The van der Waals surface area contributed by atoms with Crippen LogP contribution in [0.4, 0.5) is 0 Å². The molecule has 18 heavy (non-hydrogen) atoms. The van der Waals surface area contributed by atoms with Crippen molar-refractivity contribution in [3.8, 4) is 0 Å². The summed E-state index contributed by atoms with van der Waals surface area (Å²) in [5, 5.41) is 5.92. The maximum Gasteiger partial charge on any atom is 0.0843 e. The highest BCUT2D eigenvalue weighted by Gasteiger charge is 2.18. The zero-order valence-electron chi connectivity index (χ0n) is 10.8. The molecule has 0 atom stereocenters. The monoisotopic (exact) mass is 244 g/mol. The van der Waals surface area contributed by atoms with Crippen LogP contribution < -0.4 is 5.73 Å². The number of aryl methyl sites for hydroxylation is 1. The van der Waals surface area contributed by atoms with Crippen LogP contribution in [0.5, 0.6) is 0 Å². The molecule has 3 rings (SSSR count). The zero-order chi connectivity index (χ0) is 12.5. The third kappa shape index (κ3) is 2.13. The van der Waals surface area contributed by atoms with E-state index in [-0.39, 0.29) is 0 Å². The van der Waals surface area contributed by atoms with Crippen molar-refractivity contribution in [2.45, 2.75) is 25.4 Å². The molecule has 2 aromatic rings. The van der Waals surface area contributed by atoms with Gasteiger partial charge in [0, 0.05) is 38.1 Å². The highest BCUT2D eigenvalue weighted by molar-refractivity contribution is 5.81. The summed E-state index contributed by atoms with van der Waals surface area (Å²) in [7, 11) is 2.01. The minimum absolute atomic E-state index is 0.390. The van der Waals surface area contributed by atoms with Crippen LogP contribution in [0.3, 0.4) is 0 Å². The fraction of sp³-hybridized carbons (Fsp3) is 0.500. The summed E-state index contributed by atoms with van der Waals surface area (Å²) in [5.74, 6) is 0. The van der Waals surface area contributed by atoms with Crippen LogP contribution in [0.15, 0.2) is 24.3 Å². The molecular weight excluding hydrogens is 224 g/mol. The molecule has 1 aliphatic rings. The van der Waals surface area contributed by atoms with E-state index in [1.54, 1.807) is 0 Å². The molecular formula is C14H20N4. The van der Waals surface area contributed by atoms with Crippen LogP contribution in [-0.4, -0.2) is 33.8 Å². The van der Waals surface area contributed by atoms with Gasteiger partial charge in [0.25, 0.3) is 0 Å². The number of piperidine rings is 1. The lowest BCUT2D eigenvalue weighted by molar-refractivity contribution is 0.204. The Morgan fingerprint density at radius 3 is 2.78 bits per heavy atom. The molecule has 0 radical (unpaired) electrons. The Labute approximate surface area is 107 Å². The Balaban J connectivity index is 1.82. The first-order valence-corrected chi connectivity index (χ1v) is 6.62. The van der Waals surface area contributed by atoms with E-state index in [9.17, 15) is 0 Å². The van der Waals surface area contributed by atoms with Crippen LogP contribution in [-0.2, 0) is 13.6 Å². The van der Waals surface area contributed by atoms with Gasteiger partial charge in [-0.2, -0.15) is 5.10 Å². The average molecular weight is 244 g/mol. The molecule has 1 aromatic heterocycles. The van der Waals surface area contributed by atoms with Crippen molar-refractivity contribution in [2.75, 3.05) is 13.1 Å². The number of hydrogen-bond acceptors (Lipinski definition) is 3. The van der Waals surface area contributed by atoms with Crippen LogP contribution in [0.2, 0.25) is 0 Å². The molecule has 1 aliphatic heterocycles. The van der Waals surface area contributed by atoms with E-state index in [2.05, 4.69) is 34.3 Å². The van der Waals surface area contributed by atoms with E-state index in [0.717, 1.165) is 32.5 Å². The molecule has 0 bridgehead atoms. The molecule has 0 unspecified atom stereocenters. The van der Waals surface area contributed by atoms with Crippen LogP contribution in [0.1, 0.15) is 18.5 Å². The van der Waals surface area contributed by atoms with E-state index in [0.29, 0.717) is 6.04 Å². The number of para-hydroxylation sites is 1. The maximum atomic E-state index is 5.94. The summed E-state index contributed by atoms with van der Waals surface area (Å²) >= 11 is 0. The minimum atomic E-state index is 0.390. The number of rotatable bonds is 2. The number of fused-ring (bicyclic) bond motifs is 1. The van der Waals surface area contributed by atoms with E-state index in [1.165, 1.54) is 16.6 Å². The summed E-state index contributed by atoms with van der Waals surface area (Å²) in [6.45, 7) is 3.12. The zero-order valence-corrected chi connectivity index (χ0v) is 10.8. The summed E-state index contributed by atoms with van der Waals surface area (Å²) in [6, 6.07) is 8.82. The van der Waals surface area contributed by atoms with Crippen molar-refractivity contribution in [2.24, 2.45) is 12.8 Å². The second-order valence-corrected chi connectivity index (χ2v) is 5.20. The highest BCUT2D eigenvalue weighted by atomic mass is 15.3. The second kappa shape index (κ2) is 4.71. The molecule has 0 aliphatic carbocycles. The topological polar surface area (TPSA) is 47.1 Å². The summed E-state index contributed by atoms with van der Waals surface area (Å²) in [6.07, 6.45) is 2.20. The van der Waals surface area contributed by atoms with Gasteiger partial charge in [0.15, 0.2) is 0 Å². The number of nitrogens with zero attached hydrogens (tertiary/aromatic N) is 3. The number of benzene rings is 1. The fourth-order valence-electron chi connectivity index (χ4n) is 2.73. The van der Waals surface area contributed by atoms with Crippen molar-refractivity contribution in [3.05, 3.63) is 30.0 Å². The molecule has 0 amide bonds. The fourth-order valence-corrected chi connectivity index (χ4v) is 2.73. The Morgan fingerprint density at radius 2 is 2.00 bits per heavy atom. The first-order chi connectivity index (χ1) is 8.74. The van der Waals surface area contributed by atoms with E-state index in [4.69, 9.17) is 5.73 Å². The molecule has 2 heterocycles.